The summed E-state index contributed by atoms with van der Waals surface area (Å²) in [6.45, 7) is 3.42. The van der Waals surface area contributed by atoms with Crippen molar-refractivity contribution in [1.82, 2.24) is 24.6 Å². The number of hydrogen-bond acceptors (Lipinski definition) is 9. The van der Waals surface area contributed by atoms with E-state index in [0.717, 1.165) is 0 Å². The van der Waals surface area contributed by atoms with Crippen molar-refractivity contribution in [2.24, 2.45) is 0 Å². The van der Waals surface area contributed by atoms with Gasteiger partial charge in [-0.15, -0.1) is 6.42 Å². The molecule has 1 aliphatic carbocycles. The third-order valence-corrected chi connectivity index (χ3v) is 7.36. The van der Waals surface area contributed by atoms with Crippen molar-refractivity contribution in [2.75, 3.05) is 18.7 Å². The first-order chi connectivity index (χ1) is 17.3. The fourth-order valence-electron chi connectivity index (χ4n) is 3.83. The van der Waals surface area contributed by atoms with Gasteiger partial charge in [0.1, 0.15) is 29.2 Å². The number of para-hydroxylation sites is 1. The van der Waals surface area contributed by atoms with Crippen LogP contribution in [0.2, 0.25) is 0 Å². The zero-order valence-electron chi connectivity index (χ0n) is 19.9. The van der Waals surface area contributed by atoms with Crippen LogP contribution in [0, 0.1) is 12.3 Å². The third-order valence-electron chi connectivity index (χ3n) is 5.61. The molecular formula is C24H27N6O5P. The van der Waals surface area contributed by atoms with E-state index >= 15 is 0 Å². The minimum Gasteiger partial charge on any atom is -0.465 e. The SMILES string of the molecule is C#C[C@@]1(OCP(=O)(N[C@@H](C)C(=O)OCC)Oc2ccccc2)C=C[C@H](n2cnc3c(N)ncnc32)C1. The Kier molecular flexibility index (Phi) is 7.40. The molecule has 1 aliphatic rings. The lowest BCUT2D eigenvalue weighted by Crippen LogP contribution is -2.37. The molecule has 188 valence electrons. The molecule has 0 amide bonds. The van der Waals surface area contributed by atoms with E-state index < -0.39 is 31.5 Å². The summed E-state index contributed by atoms with van der Waals surface area (Å²) in [4.78, 5) is 24.7. The van der Waals surface area contributed by atoms with Crippen molar-refractivity contribution in [3.63, 3.8) is 0 Å². The zero-order valence-corrected chi connectivity index (χ0v) is 20.8. The number of hydrogen-bond donors (Lipinski definition) is 2. The van der Waals surface area contributed by atoms with Crippen LogP contribution in [-0.2, 0) is 18.8 Å². The predicted octanol–water partition coefficient (Wildman–Crippen LogP) is 3.07. The highest BCUT2D eigenvalue weighted by Crippen LogP contribution is 2.46. The van der Waals surface area contributed by atoms with Crippen molar-refractivity contribution in [2.45, 2.75) is 38.0 Å². The van der Waals surface area contributed by atoms with Crippen LogP contribution in [-0.4, -0.2) is 50.1 Å². The molecule has 0 bridgehead atoms. The monoisotopic (exact) mass is 510 g/mol. The number of aromatic nitrogens is 4. The van der Waals surface area contributed by atoms with E-state index in [-0.39, 0.29) is 18.5 Å². The number of nitrogens with one attached hydrogen (secondary N) is 1. The largest absolute Gasteiger partial charge is 0.465 e. The highest BCUT2D eigenvalue weighted by molar-refractivity contribution is 7.57. The Balaban J connectivity index is 1.52. The average Bonchev–Trinajstić information content (AvgIpc) is 3.49. The summed E-state index contributed by atoms with van der Waals surface area (Å²) in [5.41, 5.74) is 5.78. The molecular weight excluding hydrogens is 483 g/mol. The molecule has 1 aromatic carbocycles. The first-order valence-electron chi connectivity index (χ1n) is 11.3. The van der Waals surface area contributed by atoms with Gasteiger partial charge in [0.05, 0.1) is 19.0 Å². The van der Waals surface area contributed by atoms with Crippen LogP contribution in [0.5, 0.6) is 5.75 Å². The number of ether oxygens (including phenoxy) is 2. The van der Waals surface area contributed by atoms with Gasteiger partial charge < -0.3 is 24.3 Å². The van der Waals surface area contributed by atoms with Crippen LogP contribution in [0.4, 0.5) is 5.82 Å². The third kappa shape index (κ3) is 5.41. The molecule has 36 heavy (non-hydrogen) atoms. The lowest BCUT2D eigenvalue weighted by molar-refractivity contribution is -0.144. The molecule has 12 heteroatoms. The minimum absolute atomic E-state index is 0.192. The highest BCUT2D eigenvalue weighted by atomic mass is 31.2. The fourth-order valence-corrected chi connectivity index (χ4v) is 5.57. The van der Waals surface area contributed by atoms with Crippen molar-refractivity contribution in [3.05, 3.63) is 55.1 Å². The summed E-state index contributed by atoms with van der Waals surface area (Å²) in [6.07, 6.45) is 12.4. The van der Waals surface area contributed by atoms with Crippen LogP contribution >= 0.6 is 7.52 Å². The van der Waals surface area contributed by atoms with Crippen LogP contribution in [0.1, 0.15) is 26.3 Å². The van der Waals surface area contributed by atoms with Crippen molar-refractivity contribution in [3.8, 4) is 18.1 Å². The van der Waals surface area contributed by atoms with E-state index in [0.29, 0.717) is 23.3 Å². The second-order valence-electron chi connectivity index (χ2n) is 8.20. The van der Waals surface area contributed by atoms with Crippen LogP contribution < -0.4 is 15.3 Å². The quantitative estimate of drug-likeness (QED) is 0.181. The first-order valence-corrected chi connectivity index (χ1v) is 13.1. The summed E-state index contributed by atoms with van der Waals surface area (Å²) in [6, 6.07) is 7.47. The normalized spacial score (nSPS) is 21.5. The van der Waals surface area contributed by atoms with Gasteiger partial charge in [0.25, 0.3) is 0 Å². The molecule has 0 radical (unpaired) electrons. The predicted molar refractivity (Wildman–Crippen MR) is 134 cm³/mol. The van der Waals surface area contributed by atoms with Crippen molar-refractivity contribution >= 4 is 30.5 Å². The molecule has 3 aromatic rings. The molecule has 0 aliphatic heterocycles. The van der Waals surface area contributed by atoms with Crippen molar-refractivity contribution in [1.29, 1.82) is 0 Å². The molecule has 1 unspecified atom stereocenters. The van der Waals surface area contributed by atoms with E-state index in [2.05, 4.69) is 26.0 Å². The summed E-state index contributed by atoms with van der Waals surface area (Å²) in [5.74, 6) is 2.74. The number of nitrogens with zero attached hydrogens (tertiary/aromatic N) is 4. The molecule has 2 aromatic heterocycles. The average molecular weight is 510 g/mol. The van der Waals surface area contributed by atoms with Gasteiger partial charge in [-0.25, -0.2) is 20.0 Å². The van der Waals surface area contributed by atoms with Crippen LogP contribution in [0.25, 0.3) is 11.2 Å². The van der Waals surface area contributed by atoms with Gasteiger partial charge in [-0.2, -0.15) is 0 Å². The Morgan fingerprint density at radius 1 is 1.36 bits per heavy atom. The summed E-state index contributed by atoms with van der Waals surface area (Å²) < 4.78 is 32.5. The number of nitrogens with two attached hydrogens (primary N) is 1. The van der Waals surface area contributed by atoms with Crippen molar-refractivity contribution < 1.29 is 23.4 Å². The second-order valence-corrected chi connectivity index (χ2v) is 10.2. The molecule has 0 spiro atoms. The first kappa shape index (κ1) is 25.4. The van der Waals surface area contributed by atoms with Gasteiger partial charge in [-0.1, -0.05) is 30.2 Å². The number of anilines is 1. The van der Waals surface area contributed by atoms with Gasteiger partial charge in [0, 0.05) is 6.42 Å². The van der Waals surface area contributed by atoms with Crippen LogP contribution in [0.15, 0.2) is 55.1 Å². The number of rotatable bonds is 10. The van der Waals surface area contributed by atoms with E-state index in [9.17, 15) is 9.36 Å². The Morgan fingerprint density at radius 3 is 2.86 bits per heavy atom. The summed E-state index contributed by atoms with van der Waals surface area (Å²) >= 11 is 0. The number of nitrogen functional groups attached to an aromatic ring is 1. The lowest BCUT2D eigenvalue weighted by Gasteiger charge is -2.28. The number of esters is 1. The Bertz CT molecular complexity index is 1350. The topological polar surface area (TPSA) is 143 Å². The number of benzene rings is 1. The van der Waals surface area contributed by atoms with Gasteiger partial charge in [0.15, 0.2) is 17.8 Å². The maximum absolute atomic E-state index is 13.8. The van der Waals surface area contributed by atoms with Gasteiger partial charge >= 0.3 is 13.5 Å². The molecule has 0 saturated carbocycles. The van der Waals surface area contributed by atoms with Gasteiger partial charge in [-0.3, -0.25) is 9.36 Å². The number of imidazole rings is 1. The smallest absolute Gasteiger partial charge is 0.342 e. The maximum atomic E-state index is 13.8. The molecule has 2 heterocycles. The molecule has 4 rings (SSSR count). The lowest BCUT2D eigenvalue weighted by atomic mass is 10.0. The highest BCUT2D eigenvalue weighted by Gasteiger charge is 2.39. The second kappa shape index (κ2) is 10.5. The van der Waals surface area contributed by atoms with E-state index in [1.54, 1.807) is 56.6 Å². The zero-order chi connectivity index (χ0) is 25.8. The molecule has 11 nitrogen and oxygen atoms in total. The Labute approximate surface area is 208 Å². The van der Waals surface area contributed by atoms with Gasteiger partial charge in [-0.05, 0) is 32.1 Å². The summed E-state index contributed by atoms with van der Waals surface area (Å²) in [7, 11) is -3.77. The molecule has 0 saturated heterocycles. The van der Waals surface area contributed by atoms with Crippen LogP contribution in [0.3, 0.4) is 0 Å². The number of terminal acetylenes is 1. The Morgan fingerprint density at radius 2 is 2.14 bits per heavy atom. The minimum atomic E-state index is -3.77. The van der Waals surface area contributed by atoms with Gasteiger partial charge in [0.2, 0.25) is 0 Å². The molecule has 3 N–H and O–H groups in total. The maximum Gasteiger partial charge on any atom is 0.342 e. The number of carbonyl (C=O) groups is 1. The van der Waals surface area contributed by atoms with E-state index in [1.165, 1.54) is 6.33 Å². The Hall–Kier alpha value is -3.71. The van der Waals surface area contributed by atoms with E-state index in [4.69, 9.17) is 26.2 Å². The van der Waals surface area contributed by atoms with E-state index in [1.807, 2.05) is 10.6 Å². The number of fused-ring (bicyclic) bond motifs is 1. The summed E-state index contributed by atoms with van der Waals surface area (Å²) in [5, 5.41) is 2.76. The standard InChI is InChI=1S/C24H27N6O5P/c1-4-24(12-11-18(13-24)30-15-28-20-21(25)26-14-27-22(20)30)34-16-36(32,29-17(3)23(31)33-5-2)35-19-9-7-6-8-10-19/h1,6-12,14-15,17-18H,5,13,16H2,2-3H3,(H,29,32)(H2,25,26,27)/t17-,18-,24+,36?/m0/s1. The fraction of sp³-hybridized carbons (Fsp3) is 0.333. The number of carbonyl (C=O) groups excluding carboxylic acids is 1. The molecule has 4 atom stereocenters. The molecule has 0 fully saturated rings. The number of allylic oxidation sites excluding steroid dienone is 1.